The van der Waals surface area contributed by atoms with Gasteiger partial charge in [-0.05, 0) is 31.1 Å². The molecule has 0 unspecified atom stereocenters. The first-order valence-corrected chi connectivity index (χ1v) is 7.04. The number of fused-ring (bicyclic) bond motifs is 2. The van der Waals surface area contributed by atoms with Gasteiger partial charge in [0, 0.05) is 17.4 Å². The van der Waals surface area contributed by atoms with Gasteiger partial charge in [-0.3, -0.25) is 19.7 Å². The van der Waals surface area contributed by atoms with Gasteiger partial charge in [0.05, 0.1) is 13.0 Å². The van der Waals surface area contributed by atoms with E-state index in [1.807, 2.05) is 0 Å². The molecule has 20 heavy (non-hydrogen) atoms. The Kier molecular flexibility index (Phi) is 3.14. The third-order valence-electron chi connectivity index (χ3n) is 5.06. The smallest absolute Gasteiger partial charge is 0.311 e. The highest BCUT2D eigenvalue weighted by atomic mass is 16.6. The molecule has 3 saturated carbocycles. The van der Waals surface area contributed by atoms with Gasteiger partial charge < -0.3 is 10.1 Å². The molecular formula is C13H18N2O5. The summed E-state index contributed by atoms with van der Waals surface area (Å²) in [7, 11) is 1.36. The molecule has 110 valence electrons. The molecule has 0 radical (unpaired) electrons. The number of nitro groups is 1. The average Bonchev–Trinajstić information content (AvgIpc) is 3.00. The molecule has 3 rings (SSSR count). The molecule has 0 saturated heterocycles. The first-order valence-electron chi connectivity index (χ1n) is 7.04. The van der Waals surface area contributed by atoms with Crippen molar-refractivity contribution in [3.05, 3.63) is 10.1 Å². The zero-order valence-corrected chi connectivity index (χ0v) is 11.3. The van der Waals surface area contributed by atoms with Crippen LogP contribution < -0.4 is 5.32 Å². The molecule has 2 bridgehead atoms. The third-order valence-corrected chi connectivity index (χ3v) is 5.06. The van der Waals surface area contributed by atoms with Crippen molar-refractivity contribution in [3.8, 4) is 0 Å². The molecular weight excluding hydrogens is 264 g/mol. The van der Waals surface area contributed by atoms with Gasteiger partial charge in [0.15, 0.2) is 0 Å². The number of hydrogen-bond donors (Lipinski definition) is 1. The maximum Gasteiger partial charge on any atom is 0.311 e. The molecule has 0 heterocycles. The minimum Gasteiger partial charge on any atom is -0.469 e. The average molecular weight is 282 g/mol. The van der Waals surface area contributed by atoms with E-state index in [1.54, 1.807) is 0 Å². The van der Waals surface area contributed by atoms with Crippen LogP contribution in [-0.2, 0) is 14.3 Å². The fourth-order valence-electron chi connectivity index (χ4n) is 3.94. The van der Waals surface area contributed by atoms with E-state index in [9.17, 15) is 19.7 Å². The molecule has 7 nitrogen and oxygen atoms in total. The summed E-state index contributed by atoms with van der Waals surface area (Å²) in [4.78, 5) is 34.1. The quantitative estimate of drug-likeness (QED) is 0.456. The molecule has 6 atom stereocenters. The molecule has 3 aliphatic carbocycles. The van der Waals surface area contributed by atoms with Crippen LogP contribution in [-0.4, -0.2) is 36.0 Å². The second-order valence-electron chi connectivity index (χ2n) is 6.11. The van der Waals surface area contributed by atoms with Crippen molar-refractivity contribution in [2.24, 2.45) is 23.7 Å². The fraction of sp³-hybridized carbons (Fsp3) is 0.846. The number of carbonyl (C=O) groups is 2. The lowest BCUT2D eigenvalue weighted by atomic mass is 9.84. The minimum atomic E-state index is -0.745. The van der Waals surface area contributed by atoms with Gasteiger partial charge >= 0.3 is 5.97 Å². The first-order chi connectivity index (χ1) is 9.52. The Morgan fingerprint density at radius 3 is 2.55 bits per heavy atom. The number of nitrogens with one attached hydrogen (secondary N) is 1. The van der Waals surface area contributed by atoms with Crippen molar-refractivity contribution in [3.63, 3.8) is 0 Å². The molecule has 1 N–H and O–H groups in total. The van der Waals surface area contributed by atoms with Crippen LogP contribution in [0.4, 0.5) is 0 Å². The monoisotopic (exact) mass is 282 g/mol. The lowest BCUT2D eigenvalue weighted by Gasteiger charge is -2.29. The van der Waals surface area contributed by atoms with Gasteiger partial charge in [-0.25, -0.2) is 0 Å². The van der Waals surface area contributed by atoms with Gasteiger partial charge in [0.25, 0.3) is 0 Å². The molecule has 3 aliphatic rings. The van der Waals surface area contributed by atoms with Crippen molar-refractivity contribution in [2.75, 3.05) is 7.11 Å². The van der Waals surface area contributed by atoms with Crippen LogP contribution in [0.1, 0.15) is 25.7 Å². The first kappa shape index (κ1) is 13.3. The Balaban J connectivity index is 1.65. The van der Waals surface area contributed by atoms with Crippen LogP contribution in [0.2, 0.25) is 0 Å². The number of rotatable bonds is 4. The maximum absolute atomic E-state index is 12.0. The van der Waals surface area contributed by atoms with Crippen molar-refractivity contribution in [2.45, 2.75) is 37.8 Å². The topological polar surface area (TPSA) is 98.5 Å². The maximum atomic E-state index is 12.0. The summed E-state index contributed by atoms with van der Waals surface area (Å²) in [5.41, 5.74) is 0. The summed E-state index contributed by atoms with van der Waals surface area (Å²) < 4.78 is 4.84. The Morgan fingerprint density at radius 2 is 1.95 bits per heavy atom. The van der Waals surface area contributed by atoms with Gasteiger partial charge in [0.1, 0.15) is 5.92 Å². The van der Waals surface area contributed by atoms with Crippen LogP contribution in [0, 0.1) is 33.8 Å². The standard InChI is InChI=1S/C13H18N2O5/c1-20-13(17)10-6-2-3-7(4-6)11(10)14-12(16)8-5-9(8)15(18)19/h6-11H,2-5H2,1H3,(H,14,16)/t6-,7-,8-,9-,10+,11-/m0/s1. The highest BCUT2D eigenvalue weighted by Gasteiger charge is 2.57. The van der Waals surface area contributed by atoms with Crippen LogP contribution >= 0.6 is 0 Å². The fourth-order valence-corrected chi connectivity index (χ4v) is 3.94. The van der Waals surface area contributed by atoms with E-state index in [4.69, 9.17) is 4.74 Å². The normalized spacial score (nSPS) is 41.2. The molecule has 0 spiro atoms. The number of nitrogens with zero attached hydrogens (tertiary/aromatic N) is 1. The number of esters is 1. The summed E-state index contributed by atoms with van der Waals surface area (Å²) in [6.45, 7) is 0. The summed E-state index contributed by atoms with van der Waals surface area (Å²) >= 11 is 0. The van der Waals surface area contributed by atoms with Crippen molar-refractivity contribution in [1.82, 2.24) is 5.32 Å². The van der Waals surface area contributed by atoms with Gasteiger partial charge in [-0.1, -0.05) is 0 Å². The lowest BCUT2D eigenvalue weighted by Crippen LogP contribution is -2.48. The number of carbonyl (C=O) groups excluding carboxylic acids is 2. The number of ether oxygens (including phenoxy) is 1. The van der Waals surface area contributed by atoms with E-state index in [0.717, 1.165) is 19.3 Å². The third kappa shape index (κ3) is 2.05. The molecule has 0 aromatic carbocycles. The molecule has 7 heteroatoms. The summed E-state index contributed by atoms with van der Waals surface area (Å²) in [5, 5.41) is 13.5. The van der Waals surface area contributed by atoms with Crippen LogP contribution in [0.3, 0.4) is 0 Å². The van der Waals surface area contributed by atoms with Crippen LogP contribution in [0.5, 0.6) is 0 Å². The van der Waals surface area contributed by atoms with Crippen LogP contribution in [0.15, 0.2) is 0 Å². The predicted molar refractivity (Wildman–Crippen MR) is 67.2 cm³/mol. The van der Waals surface area contributed by atoms with E-state index >= 15 is 0 Å². The van der Waals surface area contributed by atoms with Gasteiger partial charge in [-0.2, -0.15) is 0 Å². The van der Waals surface area contributed by atoms with E-state index in [0.29, 0.717) is 12.3 Å². The molecule has 0 aliphatic heterocycles. The number of methoxy groups -OCH3 is 1. The van der Waals surface area contributed by atoms with Crippen molar-refractivity contribution in [1.29, 1.82) is 0 Å². The van der Waals surface area contributed by atoms with E-state index in [1.165, 1.54) is 7.11 Å². The highest BCUT2D eigenvalue weighted by Crippen LogP contribution is 2.49. The Labute approximate surface area is 116 Å². The van der Waals surface area contributed by atoms with Gasteiger partial charge in [-0.15, -0.1) is 0 Å². The van der Waals surface area contributed by atoms with E-state index in [-0.39, 0.29) is 29.8 Å². The second-order valence-corrected chi connectivity index (χ2v) is 6.11. The van der Waals surface area contributed by atoms with Crippen LogP contribution in [0.25, 0.3) is 0 Å². The van der Waals surface area contributed by atoms with Crippen molar-refractivity contribution >= 4 is 11.9 Å². The van der Waals surface area contributed by atoms with E-state index in [2.05, 4.69) is 5.32 Å². The highest BCUT2D eigenvalue weighted by molar-refractivity contribution is 5.83. The SMILES string of the molecule is COC(=O)[C@@H]1[C@H]2CC[C@@H](C2)[C@@H]1NC(=O)[C@H]1C[C@@H]1[N+](=O)[O-]. The zero-order chi connectivity index (χ0) is 14.4. The molecule has 0 aromatic rings. The number of amides is 1. The molecule has 0 aromatic heterocycles. The lowest BCUT2D eigenvalue weighted by molar-refractivity contribution is -0.497. The largest absolute Gasteiger partial charge is 0.469 e. The molecule has 3 fully saturated rings. The van der Waals surface area contributed by atoms with Gasteiger partial charge in [0.2, 0.25) is 11.9 Å². The zero-order valence-electron chi connectivity index (χ0n) is 11.3. The second kappa shape index (κ2) is 4.71. The molecule has 1 amide bonds. The number of hydrogen-bond acceptors (Lipinski definition) is 5. The Morgan fingerprint density at radius 1 is 1.25 bits per heavy atom. The minimum absolute atomic E-state index is 0.207. The van der Waals surface area contributed by atoms with Crippen molar-refractivity contribution < 1.29 is 19.2 Å². The summed E-state index contributed by atoms with van der Waals surface area (Å²) in [5.74, 6) is -0.774. The Bertz CT molecular complexity index is 466. The summed E-state index contributed by atoms with van der Waals surface area (Å²) in [6, 6.07) is -0.952. The Hall–Kier alpha value is -1.66. The summed E-state index contributed by atoms with van der Waals surface area (Å²) in [6.07, 6.45) is 3.25. The predicted octanol–water partition coefficient (Wildman–Crippen LogP) is 0.355. The van der Waals surface area contributed by atoms with E-state index < -0.39 is 16.9 Å².